The van der Waals surface area contributed by atoms with E-state index in [1.54, 1.807) is 6.42 Å². The van der Waals surface area contributed by atoms with Gasteiger partial charge in [0.25, 0.3) is 0 Å². The van der Waals surface area contributed by atoms with Crippen LogP contribution in [0.1, 0.15) is 112 Å². The van der Waals surface area contributed by atoms with E-state index in [9.17, 15) is 5.11 Å². The van der Waals surface area contributed by atoms with Gasteiger partial charge in [0.05, 0.1) is 6.10 Å². The molecule has 166 valence electrons. The Bertz CT molecular complexity index is 626. The first-order valence-electron chi connectivity index (χ1n) is 13.4. The van der Waals surface area contributed by atoms with Crippen molar-refractivity contribution in [2.45, 2.75) is 118 Å². The molecule has 1 N–H and O–H groups in total. The SMILES string of the molecule is CC(C)[C@@H](C)CC[C@@H](C)[C@H]1CC[C@H]2[C@@H]3CC[C@H]4C[C@@H](O)CCC45CC35CC[C@]12C. The molecule has 5 rings (SSSR count). The fourth-order valence-electron chi connectivity index (χ4n) is 10.2. The highest BCUT2D eigenvalue weighted by molar-refractivity contribution is 5.26. The number of aliphatic hydroxyl groups is 1. The van der Waals surface area contributed by atoms with E-state index >= 15 is 0 Å². The maximum Gasteiger partial charge on any atom is 0.0543 e. The number of fused-ring (bicyclic) bond motifs is 2. The molecule has 0 amide bonds. The molecule has 5 fully saturated rings. The van der Waals surface area contributed by atoms with Crippen molar-refractivity contribution >= 4 is 0 Å². The van der Waals surface area contributed by atoms with Crippen molar-refractivity contribution in [3.63, 3.8) is 0 Å². The summed E-state index contributed by atoms with van der Waals surface area (Å²) in [6.45, 7) is 12.6. The summed E-state index contributed by atoms with van der Waals surface area (Å²) in [4.78, 5) is 0. The second kappa shape index (κ2) is 6.98. The average Bonchev–Trinajstić information content (AvgIpc) is 3.22. The minimum absolute atomic E-state index is 0.0126. The molecule has 0 aromatic carbocycles. The van der Waals surface area contributed by atoms with E-state index in [2.05, 4.69) is 34.6 Å². The molecule has 0 bridgehead atoms. The second-order valence-corrected chi connectivity index (χ2v) is 13.4. The Morgan fingerprint density at radius 2 is 1.59 bits per heavy atom. The third kappa shape index (κ3) is 2.87. The number of rotatable bonds is 5. The first-order chi connectivity index (χ1) is 13.7. The Morgan fingerprint density at radius 1 is 0.828 bits per heavy atom. The van der Waals surface area contributed by atoms with E-state index in [4.69, 9.17) is 0 Å². The molecule has 2 unspecified atom stereocenters. The lowest BCUT2D eigenvalue weighted by atomic mass is 9.49. The molecular formula is C28H48O. The van der Waals surface area contributed by atoms with E-state index < -0.39 is 0 Å². The topological polar surface area (TPSA) is 20.2 Å². The summed E-state index contributed by atoms with van der Waals surface area (Å²) in [7, 11) is 0. The van der Waals surface area contributed by atoms with Gasteiger partial charge in [-0.2, -0.15) is 0 Å². The Kier molecular flexibility index (Phi) is 5.02. The van der Waals surface area contributed by atoms with Crippen molar-refractivity contribution in [2.24, 2.45) is 57.7 Å². The Morgan fingerprint density at radius 3 is 2.34 bits per heavy atom. The monoisotopic (exact) mass is 400 g/mol. The summed E-state index contributed by atoms with van der Waals surface area (Å²) in [5.74, 6) is 6.50. The average molecular weight is 401 g/mol. The van der Waals surface area contributed by atoms with E-state index in [1.807, 2.05) is 0 Å². The predicted octanol–water partition coefficient (Wildman–Crippen LogP) is 7.47. The lowest BCUT2D eigenvalue weighted by Crippen LogP contribution is -2.49. The van der Waals surface area contributed by atoms with Gasteiger partial charge in [0.15, 0.2) is 0 Å². The van der Waals surface area contributed by atoms with Crippen LogP contribution < -0.4 is 0 Å². The fraction of sp³-hybridized carbons (Fsp3) is 1.00. The summed E-state index contributed by atoms with van der Waals surface area (Å²) in [5.41, 5.74) is 2.01. The molecule has 5 aliphatic carbocycles. The van der Waals surface area contributed by atoms with E-state index in [-0.39, 0.29) is 6.10 Å². The van der Waals surface area contributed by atoms with E-state index in [1.165, 1.54) is 57.8 Å². The van der Waals surface area contributed by atoms with Gasteiger partial charge < -0.3 is 5.11 Å². The summed E-state index contributed by atoms with van der Waals surface area (Å²) in [6, 6.07) is 0. The van der Waals surface area contributed by atoms with Gasteiger partial charge in [-0.3, -0.25) is 0 Å². The van der Waals surface area contributed by atoms with Gasteiger partial charge in [-0.25, -0.2) is 0 Å². The molecule has 0 aliphatic heterocycles. The molecular weight excluding hydrogens is 352 g/mol. The largest absolute Gasteiger partial charge is 0.393 e. The molecule has 5 aliphatic rings. The highest BCUT2D eigenvalue weighted by Gasteiger charge is 2.78. The molecule has 29 heavy (non-hydrogen) atoms. The first-order valence-corrected chi connectivity index (χ1v) is 13.4. The lowest BCUT2D eigenvalue weighted by molar-refractivity contribution is -0.0830. The third-order valence-corrected chi connectivity index (χ3v) is 12.3. The zero-order valence-corrected chi connectivity index (χ0v) is 20.1. The van der Waals surface area contributed by atoms with Crippen LogP contribution in [0.4, 0.5) is 0 Å². The molecule has 0 radical (unpaired) electrons. The van der Waals surface area contributed by atoms with Gasteiger partial charge in [0.1, 0.15) is 0 Å². The van der Waals surface area contributed by atoms with Crippen LogP contribution in [0.5, 0.6) is 0 Å². The molecule has 0 aromatic heterocycles. The highest BCUT2D eigenvalue weighted by atomic mass is 16.3. The second-order valence-electron chi connectivity index (χ2n) is 13.4. The van der Waals surface area contributed by atoms with Crippen LogP contribution in [0.25, 0.3) is 0 Å². The predicted molar refractivity (Wildman–Crippen MR) is 122 cm³/mol. The van der Waals surface area contributed by atoms with Crippen LogP contribution in [0.3, 0.4) is 0 Å². The van der Waals surface area contributed by atoms with Gasteiger partial charge >= 0.3 is 0 Å². The lowest BCUT2D eigenvalue weighted by Gasteiger charge is -2.56. The molecule has 0 heterocycles. The first kappa shape index (κ1) is 20.8. The van der Waals surface area contributed by atoms with Gasteiger partial charge in [0, 0.05) is 0 Å². The van der Waals surface area contributed by atoms with Gasteiger partial charge in [-0.1, -0.05) is 47.5 Å². The van der Waals surface area contributed by atoms with Crippen LogP contribution in [0, 0.1) is 57.7 Å². The van der Waals surface area contributed by atoms with Crippen molar-refractivity contribution in [3.05, 3.63) is 0 Å². The van der Waals surface area contributed by atoms with E-state index in [0.717, 1.165) is 54.3 Å². The zero-order valence-electron chi connectivity index (χ0n) is 20.1. The minimum Gasteiger partial charge on any atom is -0.393 e. The zero-order chi connectivity index (χ0) is 20.6. The quantitative estimate of drug-likeness (QED) is 0.507. The number of hydrogen-bond acceptors (Lipinski definition) is 1. The van der Waals surface area contributed by atoms with Gasteiger partial charge in [0.2, 0.25) is 0 Å². The summed E-state index contributed by atoms with van der Waals surface area (Å²) >= 11 is 0. The van der Waals surface area contributed by atoms with Crippen molar-refractivity contribution in [1.29, 1.82) is 0 Å². The molecule has 10 atom stereocenters. The van der Waals surface area contributed by atoms with E-state index in [0.29, 0.717) is 16.2 Å². The molecule has 0 aromatic rings. The summed E-state index contributed by atoms with van der Waals surface area (Å²) < 4.78 is 0. The summed E-state index contributed by atoms with van der Waals surface area (Å²) in [6.07, 6.45) is 17.0. The van der Waals surface area contributed by atoms with Crippen molar-refractivity contribution < 1.29 is 5.11 Å². The minimum atomic E-state index is 0.0126. The normalized spacial score (nSPS) is 52.9. The molecule has 0 saturated heterocycles. The van der Waals surface area contributed by atoms with Crippen molar-refractivity contribution in [2.75, 3.05) is 0 Å². The van der Waals surface area contributed by atoms with Crippen molar-refractivity contribution in [3.8, 4) is 0 Å². The Balaban J connectivity index is 1.30. The molecule has 5 saturated carbocycles. The Labute approximate surface area is 180 Å². The maximum absolute atomic E-state index is 10.3. The van der Waals surface area contributed by atoms with Crippen LogP contribution in [-0.4, -0.2) is 11.2 Å². The number of hydrogen-bond donors (Lipinski definition) is 1. The smallest absolute Gasteiger partial charge is 0.0543 e. The van der Waals surface area contributed by atoms with Crippen LogP contribution in [-0.2, 0) is 0 Å². The fourth-order valence-corrected chi connectivity index (χ4v) is 10.2. The maximum atomic E-state index is 10.3. The third-order valence-electron chi connectivity index (χ3n) is 12.3. The Hall–Kier alpha value is -0.0400. The highest BCUT2D eigenvalue weighted by Crippen LogP contribution is 2.85. The number of aliphatic hydroxyl groups excluding tert-OH is 1. The van der Waals surface area contributed by atoms with Crippen molar-refractivity contribution in [1.82, 2.24) is 0 Å². The molecule has 1 nitrogen and oxygen atoms in total. The molecule has 1 heteroatoms. The van der Waals surface area contributed by atoms with Crippen LogP contribution >= 0.6 is 0 Å². The van der Waals surface area contributed by atoms with Crippen LogP contribution in [0.15, 0.2) is 0 Å². The molecule has 2 spiro atoms. The standard InChI is InChI=1S/C28H48O/c1-18(2)19(3)6-7-20(4)23-10-11-24-25-9-8-21-16-22(29)12-13-27(21)17-28(25,27)15-14-26(23,24)5/h18-25,29H,6-17H2,1-5H3/t19-,20+,21-,22-,23+,24-,25-,26+,27?,28?/m0/s1. The van der Waals surface area contributed by atoms with Crippen LogP contribution in [0.2, 0.25) is 0 Å². The van der Waals surface area contributed by atoms with Gasteiger partial charge in [-0.05, 0) is 122 Å². The van der Waals surface area contributed by atoms with Gasteiger partial charge in [-0.15, -0.1) is 0 Å². The summed E-state index contributed by atoms with van der Waals surface area (Å²) in [5, 5.41) is 10.3.